The first kappa shape index (κ1) is 18.1. The summed E-state index contributed by atoms with van der Waals surface area (Å²) in [5, 5.41) is 0. The van der Waals surface area contributed by atoms with E-state index in [4.69, 9.17) is 9.53 Å². The number of ether oxygens (including phenoxy) is 1. The zero-order valence-electron chi connectivity index (χ0n) is 11.8. The van der Waals surface area contributed by atoms with Gasteiger partial charge in [-0.3, -0.25) is 0 Å². The monoisotopic (exact) mass is 238 g/mol. The van der Waals surface area contributed by atoms with E-state index in [1.165, 1.54) is 18.4 Å². The second kappa shape index (κ2) is 12.8. The summed E-state index contributed by atoms with van der Waals surface area (Å²) in [6, 6.07) is 8.34. The lowest BCUT2D eigenvalue weighted by atomic mass is 9.99. The van der Waals surface area contributed by atoms with Crippen molar-refractivity contribution in [2.75, 3.05) is 7.11 Å². The summed E-state index contributed by atoms with van der Waals surface area (Å²) in [5.74, 6) is 1.71. The topological polar surface area (TPSA) is 26.3 Å². The van der Waals surface area contributed by atoms with E-state index < -0.39 is 0 Å². The highest BCUT2D eigenvalue weighted by Gasteiger charge is 2.00. The first-order valence-corrected chi connectivity index (χ1v) is 6.18. The van der Waals surface area contributed by atoms with Crippen LogP contribution in [0.3, 0.4) is 0 Å². The molecule has 1 atom stereocenters. The maximum absolute atomic E-state index is 8.00. The molecule has 0 unspecified atom stereocenters. The minimum Gasteiger partial charge on any atom is -0.497 e. The molecule has 98 valence electrons. The number of hydrogen-bond acceptors (Lipinski definition) is 2. The molecule has 2 heteroatoms. The predicted molar refractivity (Wildman–Crippen MR) is 74.6 cm³/mol. The van der Waals surface area contributed by atoms with Crippen LogP contribution in [-0.2, 0) is 11.2 Å². The van der Waals surface area contributed by atoms with Gasteiger partial charge in [0, 0.05) is 0 Å². The lowest BCUT2D eigenvalue weighted by Crippen LogP contribution is -1.97. The van der Waals surface area contributed by atoms with Gasteiger partial charge in [-0.05, 0) is 30.0 Å². The van der Waals surface area contributed by atoms with Gasteiger partial charge in [-0.1, -0.05) is 46.2 Å². The fourth-order valence-electron chi connectivity index (χ4n) is 1.31. The summed E-state index contributed by atoms with van der Waals surface area (Å²) in [6.45, 7) is 10.5. The molecular weight excluding hydrogens is 212 g/mol. The van der Waals surface area contributed by atoms with Crippen LogP contribution >= 0.6 is 0 Å². The van der Waals surface area contributed by atoms with Crippen molar-refractivity contribution in [1.82, 2.24) is 0 Å². The predicted octanol–water partition coefficient (Wildman–Crippen LogP) is 4.13. The standard InChI is InChI=1S/C12H18O.C2H6.CH2O/c1-4-10(2)9-11-5-7-12(13-3)8-6-11;2*1-2/h5-8,10H,4,9H2,1-3H3;1-2H3;1H2/t10-;;/m0../s1. The molecule has 0 aliphatic heterocycles. The zero-order chi connectivity index (χ0) is 13.7. The van der Waals surface area contributed by atoms with E-state index in [1.807, 2.05) is 32.8 Å². The summed E-state index contributed by atoms with van der Waals surface area (Å²) in [4.78, 5) is 8.00. The fraction of sp³-hybridized carbons (Fsp3) is 0.533. The average molecular weight is 238 g/mol. The highest BCUT2D eigenvalue weighted by molar-refractivity contribution is 5.27. The quantitative estimate of drug-likeness (QED) is 0.788. The van der Waals surface area contributed by atoms with Gasteiger partial charge in [0.05, 0.1) is 7.11 Å². The van der Waals surface area contributed by atoms with Crippen LogP contribution in [0.2, 0.25) is 0 Å². The highest BCUT2D eigenvalue weighted by atomic mass is 16.5. The van der Waals surface area contributed by atoms with Crippen LogP contribution in [0.25, 0.3) is 0 Å². The summed E-state index contributed by atoms with van der Waals surface area (Å²) >= 11 is 0. The molecular formula is C15H26O2. The summed E-state index contributed by atoms with van der Waals surface area (Å²) < 4.78 is 5.10. The SMILES string of the molecule is C=O.CC.CC[C@H](C)Cc1ccc(OC)cc1. The van der Waals surface area contributed by atoms with Gasteiger partial charge in [0.2, 0.25) is 0 Å². The van der Waals surface area contributed by atoms with Crippen LogP contribution < -0.4 is 4.74 Å². The van der Waals surface area contributed by atoms with Crippen molar-refractivity contribution in [3.05, 3.63) is 29.8 Å². The Morgan fingerprint density at radius 2 is 1.65 bits per heavy atom. The van der Waals surface area contributed by atoms with Crippen LogP contribution in [0.15, 0.2) is 24.3 Å². The van der Waals surface area contributed by atoms with Crippen LogP contribution in [0.5, 0.6) is 5.75 Å². The zero-order valence-corrected chi connectivity index (χ0v) is 11.8. The Hall–Kier alpha value is -1.31. The van der Waals surface area contributed by atoms with Gasteiger partial charge in [-0.2, -0.15) is 0 Å². The van der Waals surface area contributed by atoms with Crippen molar-refractivity contribution < 1.29 is 9.53 Å². The molecule has 0 heterocycles. The maximum Gasteiger partial charge on any atom is 0.118 e. The molecule has 0 amide bonds. The third-order valence-electron chi connectivity index (χ3n) is 2.44. The van der Waals surface area contributed by atoms with Crippen molar-refractivity contribution >= 4 is 6.79 Å². The Balaban J connectivity index is 0. The molecule has 0 saturated carbocycles. The lowest BCUT2D eigenvalue weighted by Gasteiger charge is -2.08. The van der Waals surface area contributed by atoms with Gasteiger partial charge in [0.1, 0.15) is 12.5 Å². The van der Waals surface area contributed by atoms with Gasteiger partial charge in [-0.15, -0.1) is 0 Å². The molecule has 0 aliphatic carbocycles. The third-order valence-corrected chi connectivity index (χ3v) is 2.44. The van der Waals surface area contributed by atoms with Crippen molar-refractivity contribution in [2.24, 2.45) is 5.92 Å². The van der Waals surface area contributed by atoms with Gasteiger partial charge < -0.3 is 9.53 Å². The smallest absolute Gasteiger partial charge is 0.118 e. The Morgan fingerprint density at radius 1 is 1.18 bits per heavy atom. The van der Waals surface area contributed by atoms with Crippen molar-refractivity contribution in [1.29, 1.82) is 0 Å². The maximum atomic E-state index is 8.00. The number of carbonyl (C=O) groups is 1. The summed E-state index contributed by atoms with van der Waals surface area (Å²) in [6.07, 6.45) is 2.41. The van der Waals surface area contributed by atoms with E-state index in [0.717, 1.165) is 11.7 Å². The van der Waals surface area contributed by atoms with Crippen molar-refractivity contribution in [2.45, 2.75) is 40.5 Å². The molecule has 0 aromatic heterocycles. The minimum atomic E-state index is 0.772. The van der Waals surface area contributed by atoms with Gasteiger partial charge in [0.15, 0.2) is 0 Å². The lowest BCUT2D eigenvalue weighted by molar-refractivity contribution is -0.0979. The van der Waals surface area contributed by atoms with Gasteiger partial charge >= 0.3 is 0 Å². The average Bonchev–Trinajstić information content (AvgIpc) is 2.44. The van der Waals surface area contributed by atoms with E-state index in [1.54, 1.807) is 7.11 Å². The number of rotatable bonds is 4. The molecule has 1 rings (SSSR count). The summed E-state index contributed by atoms with van der Waals surface area (Å²) in [5.41, 5.74) is 1.40. The molecule has 0 spiro atoms. The molecule has 0 bridgehead atoms. The first-order chi connectivity index (χ1) is 8.26. The van der Waals surface area contributed by atoms with E-state index in [9.17, 15) is 0 Å². The van der Waals surface area contributed by atoms with E-state index in [0.29, 0.717) is 0 Å². The number of methoxy groups -OCH3 is 1. The van der Waals surface area contributed by atoms with Crippen LogP contribution in [0.4, 0.5) is 0 Å². The number of carbonyl (C=O) groups excluding carboxylic acids is 1. The van der Waals surface area contributed by atoms with Crippen LogP contribution in [-0.4, -0.2) is 13.9 Å². The highest BCUT2D eigenvalue weighted by Crippen LogP contribution is 2.15. The normalized spacial score (nSPS) is 10.2. The summed E-state index contributed by atoms with van der Waals surface area (Å²) in [7, 11) is 1.70. The Bertz CT molecular complexity index is 254. The van der Waals surface area contributed by atoms with Crippen molar-refractivity contribution in [3.63, 3.8) is 0 Å². The molecule has 0 saturated heterocycles. The fourth-order valence-corrected chi connectivity index (χ4v) is 1.31. The molecule has 0 fully saturated rings. The molecule has 1 aromatic carbocycles. The molecule has 17 heavy (non-hydrogen) atoms. The Labute approximate surface area is 106 Å². The largest absolute Gasteiger partial charge is 0.497 e. The van der Waals surface area contributed by atoms with Crippen molar-refractivity contribution in [3.8, 4) is 5.75 Å². The molecule has 1 aromatic rings. The van der Waals surface area contributed by atoms with Crippen LogP contribution in [0.1, 0.15) is 39.7 Å². The number of benzene rings is 1. The van der Waals surface area contributed by atoms with E-state index in [-0.39, 0.29) is 0 Å². The Kier molecular flexibility index (Phi) is 13.6. The second-order valence-corrected chi connectivity index (χ2v) is 3.57. The van der Waals surface area contributed by atoms with E-state index in [2.05, 4.69) is 26.0 Å². The second-order valence-electron chi connectivity index (χ2n) is 3.57. The molecule has 0 radical (unpaired) electrons. The number of hydrogen-bond donors (Lipinski definition) is 0. The third kappa shape index (κ3) is 8.49. The Morgan fingerprint density at radius 3 is 2.00 bits per heavy atom. The minimum absolute atomic E-state index is 0.772. The molecule has 2 nitrogen and oxygen atoms in total. The molecule has 0 aliphatic rings. The molecule has 0 N–H and O–H groups in total. The van der Waals surface area contributed by atoms with Gasteiger partial charge in [-0.25, -0.2) is 0 Å². The van der Waals surface area contributed by atoms with Gasteiger partial charge in [0.25, 0.3) is 0 Å². The van der Waals surface area contributed by atoms with Crippen LogP contribution in [0, 0.1) is 5.92 Å². The first-order valence-electron chi connectivity index (χ1n) is 6.18. The van der Waals surface area contributed by atoms with E-state index >= 15 is 0 Å².